The van der Waals surface area contributed by atoms with Crippen molar-refractivity contribution in [3.63, 3.8) is 0 Å². The van der Waals surface area contributed by atoms with Crippen LogP contribution in [0.4, 0.5) is 0 Å². The molecular weight excluding hydrogens is 703 g/mol. The van der Waals surface area contributed by atoms with Crippen LogP contribution in [0, 0.1) is 0 Å². The molecule has 1 aliphatic heterocycles. The largest absolute Gasteiger partial charge is 0.365 e. The fourth-order valence-corrected chi connectivity index (χ4v) is 5.34. The maximum Gasteiger partial charge on any atom is 0.238 e. The second-order valence-corrected chi connectivity index (χ2v) is 11.9. The first kappa shape index (κ1) is 31.3. The Morgan fingerprint density at radius 3 is 2.21 bits per heavy atom. The first-order chi connectivity index (χ1) is 17.6. The predicted octanol–water partition coefficient (Wildman–Crippen LogP) is 7.02. The van der Waals surface area contributed by atoms with E-state index < -0.39 is 21.6 Å². The van der Waals surface area contributed by atoms with Gasteiger partial charge in [-0.25, -0.2) is 13.6 Å². The summed E-state index contributed by atoms with van der Waals surface area (Å²) < 4.78 is 29.2. The number of halogens is 5. The number of rotatable bonds is 10. The molecule has 2 unspecified atom stereocenters. The Hall–Kier alpha value is -1.24. The van der Waals surface area contributed by atoms with E-state index in [1.807, 2.05) is 35.5 Å². The van der Waals surface area contributed by atoms with E-state index in [-0.39, 0.29) is 35.5 Å². The fourth-order valence-electron chi connectivity index (χ4n) is 3.89. The third kappa shape index (κ3) is 8.38. The topological polar surface area (TPSA) is 75.9 Å². The van der Waals surface area contributed by atoms with Crippen LogP contribution in [0.15, 0.2) is 84.0 Å². The molecule has 3 aromatic carbocycles. The molecule has 2 atom stereocenters. The van der Waals surface area contributed by atoms with Gasteiger partial charge in [-0.15, -0.1) is 24.0 Å². The molecule has 0 aromatic heterocycles. The van der Waals surface area contributed by atoms with Crippen LogP contribution in [0.3, 0.4) is 0 Å². The fraction of sp³-hybridized carbons (Fsp3) is 0.231. The lowest BCUT2D eigenvalue weighted by Gasteiger charge is -2.31. The molecule has 0 radical (unpaired) electrons. The zero-order valence-corrected chi connectivity index (χ0v) is 26.2. The highest BCUT2D eigenvalue weighted by atomic mass is 127. The summed E-state index contributed by atoms with van der Waals surface area (Å²) in [6.07, 6.45) is 4.16. The van der Waals surface area contributed by atoms with Gasteiger partial charge in [-0.1, -0.05) is 76.7 Å². The highest BCUT2D eigenvalue weighted by molar-refractivity contribution is 14.0. The monoisotopic (exact) mass is 727 g/mol. The molecule has 2 N–H and O–H groups in total. The van der Waals surface area contributed by atoms with Gasteiger partial charge in [0.05, 0.1) is 18.2 Å². The van der Waals surface area contributed by atoms with E-state index in [4.69, 9.17) is 56.3 Å². The van der Waals surface area contributed by atoms with Gasteiger partial charge >= 0.3 is 0 Å². The van der Waals surface area contributed by atoms with Gasteiger partial charge < -0.3 is 14.5 Å². The Labute approximate surface area is 260 Å². The number of nitrogens with two attached hydrogens (primary N) is 1. The van der Waals surface area contributed by atoms with Crippen LogP contribution in [0.5, 0.6) is 0 Å². The summed E-state index contributed by atoms with van der Waals surface area (Å²) in [7, 11) is -3.70. The molecule has 4 rings (SSSR count). The molecule has 0 fully saturated rings. The Bertz CT molecular complexity index is 1360. The number of ether oxygens (including phenoxy) is 1. The number of primary sulfonamides is 1. The molecule has 3 aromatic rings. The number of hydrogen-bond acceptors (Lipinski definition) is 5. The van der Waals surface area contributed by atoms with Crippen LogP contribution >= 0.6 is 70.4 Å². The van der Waals surface area contributed by atoms with E-state index >= 15 is 0 Å². The predicted molar refractivity (Wildman–Crippen MR) is 165 cm³/mol. The lowest BCUT2D eigenvalue weighted by molar-refractivity contribution is 0.00688. The highest BCUT2D eigenvalue weighted by Crippen LogP contribution is 2.33. The van der Waals surface area contributed by atoms with Crippen molar-refractivity contribution in [1.29, 1.82) is 0 Å². The number of benzene rings is 3. The molecule has 1 heterocycles. The molecular formula is C26H26Cl4IN3O3S. The molecule has 38 heavy (non-hydrogen) atoms. The summed E-state index contributed by atoms with van der Waals surface area (Å²) in [5.41, 5.74) is 2.18. The normalized spacial score (nSPS) is 14.9. The van der Waals surface area contributed by atoms with Gasteiger partial charge in [-0.3, -0.25) is 0 Å². The van der Waals surface area contributed by atoms with Gasteiger partial charge in [0, 0.05) is 34.0 Å². The first-order valence-corrected chi connectivity index (χ1v) is 14.5. The van der Waals surface area contributed by atoms with Crippen molar-refractivity contribution in [2.75, 3.05) is 13.2 Å². The minimum atomic E-state index is -3.70. The van der Waals surface area contributed by atoms with Crippen molar-refractivity contribution >= 4 is 80.4 Å². The molecule has 1 aliphatic rings. The molecule has 0 aliphatic carbocycles. The van der Waals surface area contributed by atoms with Crippen molar-refractivity contribution < 1.29 is 13.2 Å². The summed E-state index contributed by atoms with van der Waals surface area (Å²) >= 11 is 25.4. The lowest BCUT2D eigenvalue weighted by Crippen LogP contribution is -2.36. The first-order valence-electron chi connectivity index (χ1n) is 11.3. The van der Waals surface area contributed by atoms with Gasteiger partial charge in [0.1, 0.15) is 11.6 Å². The minimum absolute atomic E-state index is 0. The Balaban J connectivity index is 0.00000400. The standard InChI is InChI=1S/C26H25Cl4N3O3S.HI/c27-21-6-3-19(4-7-21)25(36-16-20-5-8-22(28)15-24(20)29)26(30)33-14-13-32(17-33)12-11-18-1-9-23(10-2-18)37(31,34)35;/h1-10,13-15,25-26H,11-12,16-17H2,(H2,31,34,35);1H. The van der Waals surface area contributed by atoms with Crippen LogP contribution in [0.1, 0.15) is 22.8 Å². The van der Waals surface area contributed by atoms with Crippen LogP contribution in [-0.4, -0.2) is 36.9 Å². The number of nitrogens with zero attached hydrogens (tertiary/aromatic N) is 2. The van der Waals surface area contributed by atoms with Gasteiger partial charge in [0.15, 0.2) is 0 Å². The van der Waals surface area contributed by atoms with E-state index in [1.54, 1.807) is 36.4 Å². The van der Waals surface area contributed by atoms with Crippen LogP contribution in [-0.2, 0) is 27.8 Å². The van der Waals surface area contributed by atoms with E-state index in [2.05, 4.69) is 4.90 Å². The van der Waals surface area contributed by atoms with Gasteiger partial charge in [0.2, 0.25) is 10.0 Å². The van der Waals surface area contributed by atoms with Gasteiger partial charge in [-0.05, 0) is 59.5 Å². The van der Waals surface area contributed by atoms with Crippen LogP contribution in [0.25, 0.3) is 0 Å². The van der Waals surface area contributed by atoms with E-state index in [9.17, 15) is 8.42 Å². The average molecular weight is 729 g/mol. The third-order valence-electron chi connectivity index (χ3n) is 5.95. The van der Waals surface area contributed by atoms with Crippen molar-refractivity contribution in [1.82, 2.24) is 9.80 Å². The van der Waals surface area contributed by atoms with Crippen molar-refractivity contribution in [2.45, 2.75) is 29.5 Å². The average Bonchev–Trinajstić information content (AvgIpc) is 3.34. The zero-order chi connectivity index (χ0) is 26.6. The number of sulfonamides is 1. The molecule has 0 saturated heterocycles. The molecule has 0 spiro atoms. The van der Waals surface area contributed by atoms with Gasteiger partial charge in [-0.2, -0.15) is 0 Å². The molecule has 0 saturated carbocycles. The van der Waals surface area contributed by atoms with Crippen molar-refractivity contribution in [3.8, 4) is 0 Å². The Kier molecular flexibility index (Phi) is 11.4. The molecule has 6 nitrogen and oxygen atoms in total. The van der Waals surface area contributed by atoms with Crippen LogP contribution in [0.2, 0.25) is 15.1 Å². The summed E-state index contributed by atoms with van der Waals surface area (Å²) in [6.45, 7) is 1.54. The quantitative estimate of drug-likeness (QED) is 0.138. The highest BCUT2D eigenvalue weighted by Gasteiger charge is 2.29. The maximum absolute atomic E-state index is 11.5. The number of alkyl halides is 1. The molecule has 12 heteroatoms. The maximum atomic E-state index is 11.5. The van der Waals surface area contributed by atoms with Gasteiger partial charge in [0.25, 0.3) is 0 Å². The summed E-state index contributed by atoms with van der Waals surface area (Å²) in [6, 6.07) is 19.3. The summed E-state index contributed by atoms with van der Waals surface area (Å²) in [5.74, 6) is 0. The molecule has 0 amide bonds. The second kappa shape index (κ2) is 13.9. The Morgan fingerprint density at radius 1 is 0.921 bits per heavy atom. The zero-order valence-electron chi connectivity index (χ0n) is 20.0. The molecule has 204 valence electrons. The van der Waals surface area contributed by atoms with Crippen LogP contribution < -0.4 is 5.14 Å². The SMILES string of the molecule is I.NS(=O)(=O)c1ccc(CCN2C=CN(C(Cl)C(OCc3ccc(Cl)cc3Cl)c3ccc(Cl)cc3)C2)cc1. The third-order valence-corrected chi connectivity index (χ3v) is 8.20. The van der Waals surface area contributed by atoms with Crippen molar-refractivity contribution in [2.24, 2.45) is 5.14 Å². The Morgan fingerprint density at radius 2 is 1.58 bits per heavy atom. The molecule has 0 bridgehead atoms. The van der Waals surface area contributed by atoms with E-state index in [0.717, 1.165) is 29.7 Å². The minimum Gasteiger partial charge on any atom is -0.365 e. The van der Waals surface area contributed by atoms with E-state index in [0.29, 0.717) is 21.7 Å². The summed E-state index contributed by atoms with van der Waals surface area (Å²) in [4.78, 5) is 4.22. The van der Waals surface area contributed by atoms with E-state index in [1.165, 1.54) is 12.1 Å². The van der Waals surface area contributed by atoms with Crippen molar-refractivity contribution in [3.05, 3.63) is 111 Å². The second-order valence-electron chi connectivity index (χ2n) is 8.60. The lowest BCUT2D eigenvalue weighted by atomic mass is 10.1. The smallest absolute Gasteiger partial charge is 0.238 e. The summed E-state index contributed by atoms with van der Waals surface area (Å²) in [5, 5.41) is 6.88. The number of hydrogen-bond donors (Lipinski definition) is 1.